The van der Waals surface area contributed by atoms with E-state index >= 15 is 0 Å². The van der Waals surface area contributed by atoms with Crippen molar-refractivity contribution >= 4 is 22.0 Å². The van der Waals surface area contributed by atoms with Crippen LogP contribution in [0.3, 0.4) is 0 Å². The van der Waals surface area contributed by atoms with Crippen LogP contribution in [0.25, 0.3) is 0 Å². The first-order valence-corrected chi connectivity index (χ1v) is 7.67. The molecule has 0 aromatic heterocycles. The molecule has 7 heteroatoms. The molecule has 2 heterocycles. The zero-order valence-corrected chi connectivity index (χ0v) is 13.7. The molecule has 2 aliphatic heterocycles. The van der Waals surface area contributed by atoms with E-state index in [4.69, 9.17) is 19.9 Å². The summed E-state index contributed by atoms with van der Waals surface area (Å²) in [7, 11) is 1.57. The summed E-state index contributed by atoms with van der Waals surface area (Å²) in [6, 6.07) is 8.47. The maximum absolute atomic E-state index is 14.4. The monoisotopic (exact) mass is 378 g/mol. The highest BCUT2D eigenvalue weighted by Crippen LogP contribution is 2.52. The summed E-state index contributed by atoms with van der Waals surface area (Å²) in [4.78, 5) is 4.47. The van der Waals surface area contributed by atoms with Crippen molar-refractivity contribution < 1.29 is 18.6 Å². The molecule has 2 aliphatic rings. The minimum absolute atomic E-state index is 0.0620. The molecule has 1 atom stereocenters. The third-order valence-corrected chi connectivity index (χ3v) is 4.49. The van der Waals surface area contributed by atoms with E-state index in [2.05, 4.69) is 20.9 Å². The number of aliphatic imine (C=N–C) groups is 1. The van der Waals surface area contributed by atoms with E-state index in [9.17, 15) is 4.39 Å². The van der Waals surface area contributed by atoms with Crippen molar-refractivity contribution in [2.24, 2.45) is 10.7 Å². The maximum Gasteiger partial charge on any atom is 0.283 e. The van der Waals surface area contributed by atoms with E-state index in [0.717, 1.165) is 5.56 Å². The number of hydrogen-bond donors (Lipinski definition) is 1. The molecule has 1 spiro atoms. The van der Waals surface area contributed by atoms with Gasteiger partial charge in [0.2, 0.25) is 0 Å². The number of hydrogen-bond acceptors (Lipinski definition) is 5. The van der Waals surface area contributed by atoms with Crippen molar-refractivity contribution in [1.82, 2.24) is 0 Å². The Kier molecular flexibility index (Phi) is 3.02. The van der Waals surface area contributed by atoms with Crippen LogP contribution in [0.15, 0.2) is 39.8 Å². The molecular formula is C16H12BrFN2O3. The Hall–Kier alpha value is -2.28. The average molecular weight is 379 g/mol. The van der Waals surface area contributed by atoms with E-state index < -0.39 is 11.4 Å². The number of rotatable bonds is 1. The number of nitrogens with two attached hydrogens (primary N) is 1. The van der Waals surface area contributed by atoms with Gasteiger partial charge < -0.3 is 19.9 Å². The van der Waals surface area contributed by atoms with Crippen LogP contribution in [0.1, 0.15) is 11.1 Å². The van der Waals surface area contributed by atoms with Gasteiger partial charge in [0.15, 0.2) is 17.1 Å². The van der Waals surface area contributed by atoms with Gasteiger partial charge in [-0.2, -0.15) is 0 Å². The third-order valence-electron chi connectivity index (χ3n) is 4.03. The van der Waals surface area contributed by atoms with Gasteiger partial charge in [0.25, 0.3) is 6.02 Å². The molecule has 0 radical (unpaired) electrons. The number of benzene rings is 2. The summed E-state index contributed by atoms with van der Waals surface area (Å²) in [6.45, 7) is 0.172. The molecule has 2 N–H and O–H groups in total. The molecule has 0 bridgehead atoms. The van der Waals surface area contributed by atoms with Crippen LogP contribution in [0, 0.1) is 5.82 Å². The fourth-order valence-electron chi connectivity index (χ4n) is 2.98. The van der Waals surface area contributed by atoms with Gasteiger partial charge in [-0.05, 0) is 30.3 Å². The lowest BCUT2D eigenvalue weighted by molar-refractivity contribution is 0.261. The van der Waals surface area contributed by atoms with E-state index in [1.807, 2.05) is 6.07 Å². The molecule has 118 valence electrons. The minimum atomic E-state index is -0.952. The molecule has 0 unspecified atom stereocenters. The van der Waals surface area contributed by atoms with Gasteiger partial charge in [0, 0.05) is 15.6 Å². The van der Waals surface area contributed by atoms with Crippen molar-refractivity contribution in [3.63, 3.8) is 0 Å². The Morgan fingerprint density at radius 3 is 2.83 bits per heavy atom. The number of fused-ring (bicyclic) bond motifs is 4. The lowest BCUT2D eigenvalue weighted by atomic mass is 9.81. The first-order chi connectivity index (χ1) is 11.0. The molecule has 0 saturated heterocycles. The molecule has 0 amide bonds. The molecule has 2 aromatic carbocycles. The van der Waals surface area contributed by atoms with Crippen molar-refractivity contribution in [1.29, 1.82) is 0 Å². The fourth-order valence-corrected chi connectivity index (χ4v) is 3.41. The van der Waals surface area contributed by atoms with Crippen LogP contribution in [-0.2, 0) is 10.3 Å². The van der Waals surface area contributed by atoms with Crippen molar-refractivity contribution in [3.05, 3.63) is 51.7 Å². The smallest absolute Gasteiger partial charge is 0.283 e. The van der Waals surface area contributed by atoms with Gasteiger partial charge in [-0.1, -0.05) is 15.9 Å². The van der Waals surface area contributed by atoms with Gasteiger partial charge in [-0.25, -0.2) is 9.38 Å². The van der Waals surface area contributed by atoms with Gasteiger partial charge >= 0.3 is 0 Å². The zero-order chi connectivity index (χ0) is 16.2. The van der Waals surface area contributed by atoms with Crippen molar-refractivity contribution in [3.8, 4) is 17.2 Å². The predicted molar refractivity (Wildman–Crippen MR) is 85.5 cm³/mol. The van der Waals surface area contributed by atoms with Crippen LogP contribution in [-0.4, -0.2) is 19.7 Å². The number of halogens is 2. The van der Waals surface area contributed by atoms with Crippen LogP contribution >= 0.6 is 15.9 Å². The Morgan fingerprint density at radius 1 is 1.30 bits per heavy atom. The van der Waals surface area contributed by atoms with Crippen LogP contribution in [0.5, 0.6) is 17.2 Å². The van der Waals surface area contributed by atoms with Crippen LogP contribution in [0.2, 0.25) is 0 Å². The Bertz CT molecular complexity index is 855. The topological polar surface area (TPSA) is 66.1 Å². The molecule has 0 aliphatic carbocycles. The SMILES string of the molecule is COc1ccc2c(c1)[C@]1(COC(N)=N1)c1cc(Br)cc(F)c1O2. The highest BCUT2D eigenvalue weighted by molar-refractivity contribution is 9.10. The predicted octanol–water partition coefficient (Wildman–Crippen LogP) is 3.29. The molecule has 4 rings (SSSR count). The van der Waals surface area contributed by atoms with Crippen LogP contribution < -0.4 is 15.2 Å². The Labute approximate surface area is 140 Å². The number of amidine groups is 1. The number of nitrogens with zero attached hydrogens (tertiary/aromatic N) is 1. The molecule has 0 saturated carbocycles. The molecule has 0 fully saturated rings. The van der Waals surface area contributed by atoms with Gasteiger partial charge in [0.1, 0.15) is 18.1 Å². The summed E-state index contributed by atoms with van der Waals surface area (Å²) >= 11 is 3.31. The summed E-state index contributed by atoms with van der Waals surface area (Å²) < 4.78 is 31.5. The largest absolute Gasteiger partial charge is 0.497 e. The summed E-state index contributed by atoms with van der Waals surface area (Å²) in [5, 5.41) is 0. The summed E-state index contributed by atoms with van der Waals surface area (Å²) in [5.41, 5.74) is 6.08. The second kappa shape index (κ2) is 4.86. The molecule has 23 heavy (non-hydrogen) atoms. The van der Waals surface area contributed by atoms with E-state index in [1.165, 1.54) is 6.07 Å². The number of ether oxygens (including phenoxy) is 3. The average Bonchev–Trinajstić information content (AvgIpc) is 2.91. The maximum atomic E-state index is 14.4. The molecule has 2 aromatic rings. The Balaban J connectivity index is 2.05. The fraction of sp³-hybridized carbons (Fsp3) is 0.188. The highest BCUT2D eigenvalue weighted by Gasteiger charge is 2.48. The van der Waals surface area contributed by atoms with Crippen LogP contribution in [0.4, 0.5) is 4.39 Å². The van der Waals surface area contributed by atoms with E-state index in [1.54, 1.807) is 25.3 Å². The van der Waals surface area contributed by atoms with E-state index in [0.29, 0.717) is 21.5 Å². The lowest BCUT2D eigenvalue weighted by Crippen LogP contribution is -2.31. The summed E-state index contributed by atoms with van der Waals surface area (Å²) in [5.74, 6) is 0.802. The first kappa shape index (κ1) is 14.3. The second-order valence-electron chi connectivity index (χ2n) is 5.33. The van der Waals surface area contributed by atoms with Crippen molar-refractivity contribution in [2.75, 3.05) is 13.7 Å². The standard InChI is InChI=1S/C16H12BrFN2O3/c1-21-9-2-3-13-10(6-9)16(7-22-15(19)20-16)11-4-8(17)5-12(18)14(11)23-13/h2-6H,7H2,1H3,(H2,19,20)/t16-/m1/s1. The minimum Gasteiger partial charge on any atom is -0.497 e. The molecule has 5 nitrogen and oxygen atoms in total. The van der Waals surface area contributed by atoms with Crippen molar-refractivity contribution in [2.45, 2.75) is 5.54 Å². The summed E-state index contributed by atoms with van der Waals surface area (Å²) in [6.07, 6.45) is 0. The van der Waals surface area contributed by atoms with Gasteiger partial charge in [-0.3, -0.25) is 0 Å². The highest BCUT2D eigenvalue weighted by atomic mass is 79.9. The van der Waals surface area contributed by atoms with Gasteiger partial charge in [0.05, 0.1) is 7.11 Å². The third kappa shape index (κ3) is 1.99. The first-order valence-electron chi connectivity index (χ1n) is 6.87. The Morgan fingerprint density at radius 2 is 2.13 bits per heavy atom. The van der Waals surface area contributed by atoms with E-state index in [-0.39, 0.29) is 18.4 Å². The zero-order valence-electron chi connectivity index (χ0n) is 12.1. The molecular weight excluding hydrogens is 367 g/mol. The number of methoxy groups -OCH3 is 1. The normalized spacial score (nSPS) is 21.1. The quantitative estimate of drug-likeness (QED) is 0.826. The lowest BCUT2D eigenvalue weighted by Gasteiger charge is -2.33. The van der Waals surface area contributed by atoms with Gasteiger partial charge in [-0.15, -0.1) is 0 Å². The second-order valence-corrected chi connectivity index (χ2v) is 6.24.